The van der Waals surface area contributed by atoms with Crippen molar-refractivity contribution in [1.29, 1.82) is 0 Å². The second-order valence-corrected chi connectivity index (χ2v) is 13.9. The summed E-state index contributed by atoms with van der Waals surface area (Å²) in [4.78, 5) is 41.4. The number of ether oxygens (including phenoxy) is 1. The van der Waals surface area contributed by atoms with Crippen molar-refractivity contribution in [1.82, 2.24) is 15.2 Å². The second-order valence-electron chi connectivity index (χ2n) is 13.0. The van der Waals surface area contributed by atoms with Gasteiger partial charge in [-0.15, -0.1) is 0 Å². The number of carbonyl (C=O) groups excluding carboxylic acids is 3. The molecule has 3 amide bonds. The van der Waals surface area contributed by atoms with Gasteiger partial charge in [0.1, 0.15) is 11.3 Å². The van der Waals surface area contributed by atoms with Gasteiger partial charge in [0.2, 0.25) is 5.91 Å². The van der Waals surface area contributed by atoms with E-state index in [9.17, 15) is 14.4 Å². The summed E-state index contributed by atoms with van der Waals surface area (Å²) >= 11 is 3.46. The summed E-state index contributed by atoms with van der Waals surface area (Å²) in [7, 11) is 0. The zero-order chi connectivity index (χ0) is 29.5. The summed E-state index contributed by atoms with van der Waals surface area (Å²) in [6.07, 6.45) is 3.32. The highest BCUT2D eigenvalue weighted by Gasteiger charge is 2.44. The Hall–Kier alpha value is -3.13. The number of benzene rings is 2. The van der Waals surface area contributed by atoms with E-state index in [1.807, 2.05) is 59.7 Å². The van der Waals surface area contributed by atoms with E-state index < -0.39 is 11.0 Å². The van der Waals surface area contributed by atoms with Crippen LogP contribution in [0.2, 0.25) is 0 Å². The molecule has 2 aliphatic rings. The molecular weight excluding hydrogens is 570 g/mol. The number of H-pyrrole nitrogens is 1. The fourth-order valence-corrected chi connectivity index (χ4v) is 5.20. The Bertz CT molecular complexity index is 1420. The lowest BCUT2D eigenvalue weighted by Crippen LogP contribution is -2.47. The maximum atomic E-state index is 12.6. The number of hydrogen-bond donors (Lipinski definition) is 2. The number of amides is 3. The highest BCUT2D eigenvalue weighted by Crippen LogP contribution is 2.39. The van der Waals surface area contributed by atoms with Crippen LogP contribution in [-0.2, 0) is 22.4 Å². The van der Waals surface area contributed by atoms with Gasteiger partial charge in [-0.1, -0.05) is 66.5 Å². The van der Waals surface area contributed by atoms with Gasteiger partial charge in [-0.25, -0.2) is 4.79 Å². The minimum Gasteiger partial charge on any atom is -0.444 e. The highest BCUT2D eigenvalue weighted by atomic mass is 79.9. The van der Waals surface area contributed by atoms with E-state index in [2.05, 4.69) is 57.4 Å². The monoisotopic (exact) mass is 609 g/mol. The Morgan fingerprint density at radius 3 is 2.27 bits per heavy atom. The minimum absolute atomic E-state index is 0.0857. The number of nitrogens with one attached hydrogen (secondary N) is 2. The van der Waals surface area contributed by atoms with Crippen molar-refractivity contribution in [3.05, 3.63) is 69.3 Å². The molecule has 5 rings (SSSR count). The lowest BCUT2D eigenvalue weighted by Gasteiger charge is -2.30. The summed E-state index contributed by atoms with van der Waals surface area (Å²) < 4.78 is 6.30. The van der Waals surface area contributed by atoms with Crippen molar-refractivity contribution in [2.45, 2.75) is 85.3 Å². The molecule has 8 heteroatoms. The fourth-order valence-electron chi connectivity index (χ4n) is 4.83. The maximum absolute atomic E-state index is 12.6. The van der Waals surface area contributed by atoms with Crippen LogP contribution in [0.25, 0.3) is 10.9 Å². The molecule has 0 bridgehead atoms. The third-order valence-electron chi connectivity index (χ3n) is 7.08. The first kappa shape index (κ1) is 29.8. The van der Waals surface area contributed by atoms with Crippen LogP contribution in [0.15, 0.2) is 46.9 Å². The number of halogens is 1. The number of alkyl carbamates (subject to hydrolysis) is 1. The smallest absolute Gasteiger partial charge is 0.408 e. The van der Waals surface area contributed by atoms with Crippen LogP contribution in [0, 0.1) is 12.3 Å². The van der Waals surface area contributed by atoms with Crippen molar-refractivity contribution in [3.8, 4) is 0 Å². The van der Waals surface area contributed by atoms with Gasteiger partial charge in [0, 0.05) is 32.9 Å². The van der Waals surface area contributed by atoms with Gasteiger partial charge in [0.15, 0.2) is 0 Å². The van der Waals surface area contributed by atoms with Crippen molar-refractivity contribution in [2.24, 2.45) is 5.41 Å². The first-order valence-electron chi connectivity index (χ1n) is 13.8. The third kappa shape index (κ3) is 7.14. The Morgan fingerprint density at radius 1 is 1.05 bits per heavy atom. The summed E-state index contributed by atoms with van der Waals surface area (Å²) in [6, 6.07) is 14.4. The quantitative estimate of drug-likeness (QED) is 0.331. The first-order valence-corrected chi connectivity index (χ1v) is 14.6. The van der Waals surface area contributed by atoms with E-state index in [-0.39, 0.29) is 23.4 Å². The molecule has 2 aromatic carbocycles. The number of hydrogen-bond acceptors (Lipinski definition) is 4. The fraction of sp³-hybridized carbons (Fsp3) is 0.469. The zero-order valence-electron chi connectivity index (χ0n) is 24.5. The molecule has 7 nitrogen and oxygen atoms in total. The SMILES string of the molecule is CC(C)(C)C(=O)N1CCc2c([nH]c3ccc(Br)cc23)C1=O.Cc1ccc(CC2(NC(=O)OC(C)(C)C)CC2)cc1. The van der Waals surface area contributed by atoms with Crippen molar-refractivity contribution in [3.63, 3.8) is 0 Å². The molecule has 1 saturated carbocycles. The zero-order valence-corrected chi connectivity index (χ0v) is 26.1. The predicted octanol–water partition coefficient (Wildman–Crippen LogP) is 7.10. The van der Waals surface area contributed by atoms with Crippen molar-refractivity contribution < 1.29 is 19.1 Å². The standard InChI is InChI=1S/C16H17BrN2O2.C16H23NO2/c1-16(2,3)15(21)19-7-6-10-11-8-9(17)4-5-12(11)18-13(10)14(19)20;1-12-5-7-13(8-6-12)11-16(9-10-16)17-14(18)19-15(2,3)4/h4-5,8,18H,6-7H2,1-3H3;5-8H,9-11H2,1-4H3,(H,17,18). The van der Waals surface area contributed by atoms with E-state index in [1.165, 1.54) is 16.0 Å². The van der Waals surface area contributed by atoms with Crippen LogP contribution in [0.5, 0.6) is 0 Å². The van der Waals surface area contributed by atoms with Gasteiger partial charge >= 0.3 is 6.09 Å². The molecule has 0 unspecified atom stereocenters. The average Bonchev–Trinajstić information content (AvgIpc) is 3.48. The van der Waals surface area contributed by atoms with E-state index in [4.69, 9.17) is 4.74 Å². The molecule has 1 aromatic heterocycles. The van der Waals surface area contributed by atoms with Crippen molar-refractivity contribution in [2.75, 3.05) is 6.54 Å². The number of aromatic nitrogens is 1. The molecule has 1 aliphatic heterocycles. The van der Waals surface area contributed by atoms with Crippen LogP contribution in [0.1, 0.15) is 81.6 Å². The number of nitrogens with zero attached hydrogens (tertiary/aromatic N) is 1. The van der Waals surface area contributed by atoms with Gasteiger partial charge in [-0.05, 0) is 82.7 Å². The molecule has 0 atom stereocenters. The molecule has 2 heterocycles. The molecule has 0 radical (unpaired) electrons. The predicted molar refractivity (Wildman–Crippen MR) is 161 cm³/mol. The minimum atomic E-state index is -0.553. The van der Waals surface area contributed by atoms with Crippen LogP contribution < -0.4 is 5.32 Å². The Labute approximate surface area is 245 Å². The van der Waals surface area contributed by atoms with Gasteiger partial charge in [-0.2, -0.15) is 0 Å². The van der Waals surface area contributed by atoms with Gasteiger partial charge in [0.25, 0.3) is 5.91 Å². The lowest BCUT2D eigenvalue weighted by molar-refractivity contribution is -0.136. The Kier molecular flexibility index (Phi) is 8.23. The number of rotatable bonds is 3. The molecule has 3 aromatic rings. The normalized spacial score (nSPS) is 16.1. The third-order valence-corrected chi connectivity index (χ3v) is 7.58. The molecule has 2 N–H and O–H groups in total. The topological polar surface area (TPSA) is 91.5 Å². The van der Waals surface area contributed by atoms with E-state index >= 15 is 0 Å². The molecule has 0 saturated heterocycles. The van der Waals surface area contributed by atoms with Crippen LogP contribution in [0.3, 0.4) is 0 Å². The average molecular weight is 611 g/mol. The molecular formula is C32H40BrN3O4. The Balaban J connectivity index is 0.000000186. The number of fused-ring (bicyclic) bond motifs is 3. The first-order chi connectivity index (χ1) is 18.6. The van der Waals surface area contributed by atoms with Gasteiger partial charge in [0.05, 0.1) is 0 Å². The van der Waals surface area contributed by atoms with Crippen LogP contribution in [-0.4, -0.2) is 45.5 Å². The summed E-state index contributed by atoms with van der Waals surface area (Å²) in [6.45, 7) is 13.7. The number of imide groups is 1. The van der Waals surface area contributed by atoms with Crippen LogP contribution >= 0.6 is 15.9 Å². The van der Waals surface area contributed by atoms with Crippen molar-refractivity contribution >= 4 is 44.7 Å². The largest absolute Gasteiger partial charge is 0.444 e. The molecule has 1 aliphatic carbocycles. The number of aryl methyl sites for hydroxylation is 1. The maximum Gasteiger partial charge on any atom is 0.408 e. The van der Waals surface area contributed by atoms with Gasteiger partial charge < -0.3 is 15.0 Å². The van der Waals surface area contributed by atoms with Gasteiger partial charge in [-0.3, -0.25) is 14.5 Å². The number of aromatic amines is 1. The van der Waals surface area contributed by atoms with E-state index in [0.717, 1.165) is 40.2 Å². The summed E-state index contributed by atoms with van der Waals surface area (Å²) in [5.74, 6) is -0.346. The van der Waals surface area contributed by atoms with E-state index in [1.54, 1.807) is 0 Å². The molecule has 1 fully saturated rings. The summed E-state index contributed by atoms with van der Waals surface area (Å²) in [5.41, 5.74) is 3.93. The number of carbonyl (C=O) groups is 3. The lowest BCUT2D eigenvalue weighted by atomic mass is 9.93. The molecule has 0 spiro atoms. The molecule has 214 valence electrons. The highest BCUT2D eigenvalue weighted by molar-refractivity contribution is 9.10. The summed E-state index contributed by atoms with van der Waals surface area (Å²) in [5, 5.41) is 4.08. The van der Waals surface area contributed by atoms with E-state index in [0.29, 0.717) is 18.7 Å². The second kappa shape index (κ2) is 11.0. The Morgan fingerprint density at radius 2 is 1.70 bits per heavy atom. The van der Waals surface area contributed by atoms with Crippen LogP contribution in [0.4, 0.5) is 4.79 Å². The molecule has 40 heavy (non-hydrogen) atoms.